The fourth-order valence-corrected chi connectivity index (χ4v) is 2.81. The summed E-state index contributed by atoms with van der Waals surface area (Å²) in [6.07, 6.45) is 6.37. The Morgan fingerprint density at radius 3 is 2.65 bits per heavy atom. The monoisotopic (exact) mass is 255 g/mol. The van der Waals surface area contributed by atoms with E-state index >= 15 is 0 Å². The first-order valence-corrected chi connectivity index (χ1v) is 6.69. The van der Waals surface area contributed by atoms with Gasteiger partial charge in [0.15, 0.2) is 0 Å². The molecule has 3 heteroatoms. The molecule has 1 aliphatic carbocycles. The third-order valence-corrected chi connectivity index (χ3v) is 4.02. The van der Waals surface area contributed by atoms with E-state index in [2.05, 4.69) is 11.9 Å². The molecule has 0 N–H and O–H groups in total. The number of benzene rings is 1. The third kappa shape index (κ3) is 3.20. The average molecular weight is 256 g/mol. The maximum absolute atomic E-state index is 13.7. The molecule has 0 atom stereocenters. The lowest BCUT2D eigenvalue weighted by Gasteiger charge is -2.31. The molecule has 0 heterocycles. The van der Waals surface area contributed by atoms with Gasteiger partial charge in [0.2, 0.25) is 0 Å². The van der Waals surface area contributed by atoms with Crippen molar-refractivity contribution in [3.63, 3.8) is 0 Å². The molecule has 1 aliphatic rings. The number of rotatable bonds is 3. The Hall–Kier alpha value is -0.600. The zero-order chi connectivity index (χ0) is 12.3. The van der Waals surface area contributed by atoms with Crippen molar-refractivity contribution in [1.82, 2.24) is 4.90 Å². The maximum Gasteiger partial charge on any atom is 0.129 e. The second kappa shape index (κ2) is 5.83. The fraction of sp³-hybridized carbons (Fsp3) is 0.571. The lowest BCUT2D eigenvalue weighted by Crippen LogP contribution is -2.33. The van der Waals surface area contributed by atoms with E-state index in [9.17, 15) is 4.39 Å². The van der Waals surface area contributed by atoms with E-state index in [1.807, 2.05) is 0 Å². The molecule has 94 valence electrons. The van der Waals surface area contributed by atoms with E-state index in [0.29, 0.717) is 23.2 Å². The van der Waals surface area contributed by atoms with Crippen molar-refractivity contribution in [3.05, 3.63) is 34.6 Å². The Balaban J connectivity index is 2.04. The lowest BCUT2D eigenvalue weighted by atomic mass is 9.94. The van der Waals surface area contributed by atoms with Crippen LogP contribution >= 0.6 is 11.6 Å². The van der Waals surface area contributed by atoms with Gasteiger partial charge in [-0.1, -0.05) is 36.9 Å². The van der Waals surface area contributed by atoms with Gasteiger partial charge in [-0.3, -0.25) is 4.90 Å². The van der Waals surface area contributed by atoms with Crippen LogP contribution in [0.4, 0.5) is 4.39 Å². The second-order valence-electron chi connectivity index (χ2n) is 4.91. The van der Waals surface area contributed by atoms with Gasteiger partial charge in [-0.05, 0) is 32.0 Å². The van der Waals surface area contributed by atoms with Gasteiger partial charge in [-0.2, -0.15) is 0 Å². The normalized spacial score (nSPS) is 17.6. The quantitative estimate of drug-likeness (QED) is 0.781. The molecule has 0 spiro atoms. The summed E-state index contributed by atoms with van der Waals surface area (Å²) >= 11 is 6.05. The molecule has 1 aromatic carbocycles. The Labute approximate surface area is 108 Å². The third-order valence-electron chi connectivity index (χ3n) is 3.67. The summed E-state index contributed by atoms with van der Waals surface area (Å²) in [5.74, 6) is -0.194. The van der Waals surface area contributed by atoms with E-state index in [1.165, 1.54) is 38.2 Å². The molecule has 1 saturated carbocycles. The first-order chi connectivity index (χ1) is 8.18. The summed E-state index contributed by atoms with van der Waals surface area (Å²) in [6, 6.07) is 5.48. The highest BCUT2D eigenvalue weighted by atomic mass is 35.5. The number of hydrogen-bond donors (Lipinski definition) is 0. The molecular weight excluding hydrogens is 237 g/mol. The van der Waals surface area contributed by atoms with Gasteiger partial charge in [-0.15, -0.1) is 0 Å². The van der Waals surface area contributed by atoms with Crippen LogP contribution in [0.15, 0.2) is 18.2 Å². The van der Waals surface area contributed by atoms with Crippen LogP contribution in [-0.2, 0) is 6.54 Å². The van der Waals surface area contributed by atoms with Crippen molar-refractivity contribution in [2.24, 2.45) is 0 Å². The summed E-state index contributed by atoms with van der Waals surface area (Å²) < 4.78 is 13.7. The smallest absolute Gasteiger partial charge is 0.129 e. The molecule has 0 amide bonds. The summed E-state index contributed by atoms with van der Waals surface area (Å²) in [7, 11) is 2.07. The SMILES string of the molecule is CN(Cc1c(F)cccc1Cl)C1CCCCC1. The largest absolute Gasteiger partial charge is 0.299 e. The van der Waals surface area contributed by atoms with Gasteiger partial charge >= 0.3 is 0 Å². The van der Waals surface area contributed by atoms with Crippen molar-refractivity contribution in [3.8, 4) is 0 Å². The van der Waals surface area contributed by atoms with Gasteiger partial charge in [0.1, 0.15) is 5.82 Å². The van der Waals surface area contributed by atoms with Crippen LogP contribution in [0.2, 0.25) is 5.02 Å². The molecular formula is C14H19ClFN. The lowest BCUT2D eigenvalue weighted by molar-refractivity contribution is 0.183. The molecule has 2 rings (SSSR count). The Bertz CT molecular complexity index is 354. The second-order valence-corrected chi connectivity index (χ2v) is 5.31. The van der Waals surface area contributed by atoms with Crippen molar-refractivity contribution in [1.29, 1.82) is 0 Å². The van der Waals surface area contributed by atoms with Crippen LogP contribution in [0.25, 0.3) is 0 Å². The number of halogens is 2. The minimum Gasteiger partial charge on any atom is -0.299 e. The molecule has 1 nitrogen and oxygen atoms in total. The topological polar surface area (TPSA) is 3.24 Å². The van der Waals surface area contributed by atoms with Crippen LogP contribution in [0, 0.1) is 5.82 Å². The van der Waals surface area contributed by atoms with Crippen molar-refractivity contribution in [2.75, 3.05) is 7.05 Å². The first-order valence-electron chi connectivity index (χ1n) is 6.31. The van der Waals surface area contributed by atoms with E-state index in [4.69, 9.17) is 11.6 Å². The van der Waals surface area contributed by atoms with Gasteiger partial charge in [0.25, 0.3) is 0 Å². The zero-order valence-corrected chi connectivity index (χ0v) is 11.0. The highest BCUT2D eigenvalue weighted by Gasteiger charge is 2.19. The molecule has 1 aromatic rings. The van der Waals surface area contributed by atoms with E-state index < -0.39 is 0 Å². The predicted molar refractivity (Wildman–Crippen MR) is 69.8 cm³/mol. The van der Waals surface area contributed by atoms with E-state index in [0.717, 1.165) is 0 Å². The minimum atomic E-state index is -0.194. The molecule has 0 aliphatic heterocycles. The van der Waals surface area contributed by atoms with Crippen LogP contribution in [0.3, 0.4) is 0 Å². The predicted octanol–water partition coefficient (Wildman–Crippen LogP) is 4.24. The standard InChI is InChI=1S/C14H19ClFN/c1-17(11-6-3-2-4-7-11)10-12-13(15)8-5-9-14(12)16/h5,8-9,11H,2-4,6-7,10H2,1H3. The van der Waals surface area contributed by atoms with Gasteiger partial charge < -0.3 is 0 Å². The van der Waals surface area contributed by atoms with Crippen LogP contribution in [0.5, 0.6) is 0 Å². The summed E-state index contributed by atoms with van der Waals surface area (Å²) in [4.78, 5) is 2.24. The van der Waals surface area contributed by atoms with Gasteiger partial charge in [0, 0.05) is 23.2 Å². The van der Waals surface area contributed by atoms with Crippen molar-refractivity contribution >= 4 is 11.6 Å². The zero-order valence-electron chi connectivity index (χ0n) is 10.3. The molecule has 0 bridgehead atoms. The van der Waals surface area contributed by atoms with E-state index in [-0.39, 0.29) is 5.82 Å². The van der Waals surface area contributed by atoms with Crippen molar-refractivity contribution in [2.45, 2.75) is 44.7 Å². The Kier molecular flexibility index (Phi) is 4.41. The van der Waals surface area contributed by atoms with Crippen LogP contribution < -0.4 is 0 Å². The van der Waals surface area contributed by atoms with E-state index in [1.54, 1.807) is 12.1 Å². The molecule has 17 heavy (non-hydrogen) atoms. The van der Waals surface area contributed by atoms with Gasteiger partial charge in [-0.25, -0.2) is 4.39 Å². The highest BCUT2D eigenvalue weighted by molar-refractivity contribution is 6.31. The molecule has 0 unspecified atom stereocenters. The molecule has 1 fully saturated rings. The van der Waals surface area contributed by atoms with Crippen LogP contribution in [-0.4, -0.2) is 18.0 Å². The molecule has 0 radical (unpaired) electrons. The molecule has 0 saturated heterocycles. The maximum atomic E-state index is 13.7. The minimum absolute atomic E-state index is 0.194. The van der Waals surface area contributed by atoms with Crippen LogP contribution in [0.1, 0.15) is 37.7 Å². The summed E-state index contributed by atoms with van der Waals surface area (Å²) in [5.41, 5.74) is 0.627. The highest BCUT2D eigenvalue weighted by Crippen LogP contribution is 2.25. The number of nitrogens with zero attached hydrogens (tertiary/aromatic N) is 1. The van der Waals surface area contributed by atoms with Gasteiger partial charge in [0.05, 0.1) is 0 Å². The number of hydrogen-bond acceptors (Lipinski definition) is 1. The first kappa shape index (κ1) is 12.8. The fourth-order valence-electron chi connectivity index (χ4n) is 2.58. The molecule has 0 aromatic heterocycles. The Morgan fingerprint density at radius 2 is 2.00 bits per heavy atom. The Morgan fingerprint density at radius 1 is 1.29 bits per heavy atom. The average Bonchev–Trinajstić information content (AvgIpc) is 2.35. The van der Waals surface area contributed by atoms with Crippen molar-refractivity contribution < 1.29 is 4.39 Å². The summed E-state index contributed by atoms with van der Waals surface area (Å²) in [5, 5.41) is 0.535. The summed E-state index contributed by atoms with van der Waals surface area (Å²) in [6.45, 7) is 0.607.